The number of carbonyl (C=O) groups is 1. The lowest BCUT2D eigenvalue weighted by atomic mass is 10.2. The number of benzene rings is 1. The van der Waals surface area contributed by atoms with Crippen LogP contribution in [0.5, 0.6) is 0 Å². The maximum absolute atomic E-state index is 10.4. The highest BCUT2D eigenvalue weighted by atomic mass is 35.5. The van der Waals surface area contributed by atoms with E-state index in [0.717, 1.165) is 6.08 Å². The largest absolute Gasteiger partial charge is 0.478 e. The fraction of sp³-hybridized carbons (Fsp3) is 0.182. The number of carboxylic acid groups (broad SMARTS) is 1. The summed E-state index contributed by atoms with van der Waals surface area (Å²) in [6, 6.07) is 5.24. The van der Waals surface area contributed by atoms with Crippen LogP contribution in [0.4, 0.5) is 5.69 Å². The van der Waals surface area contributed by atoms with Crippen molar-refractivity contribution in [3.05, 3.63) is 39.9 Å². The van der Waals surface area contributed by atoms with Crippen LogP contribution in [0.15, 0.2) is 29.8 Å². The Morgan fingerprint density at radius 1 is 1.50 bits per heavy atom. The summed E-state index contributed by atoms with van der Waals surface area (Å²) < 4.78 is 0. The number of carboxylic acids is 1. The number of rotatable bonds is 4. The van der Waals surface area contributed by atoms with Gasteiger partial charge >= 0.3 is 5.97 Å². The third kappa shape index (κ3) is 3.76. The van der Waals surface area contributed by atoms with E-state index in [1.165, 1.54) is 0 Å². The highest BCUT2D eigenvalue weighted by Gasteiger charge is 2.03. The summed E-state index contributed by atoms with van der Waals surface area (Å²) in [5.74, 6) is -0.962. The van der Waals surface area contributed by atoms with Gasteiger partial charge < -0.3 is 10.4 Å². The van der Waals surface area contributed by atoms with E-state index in [1.807, 2.05) is 0 Å². The van der Waals surface area contributed by atoms with Gasteiger partial charge in [-0.2, -0.15) is 0 Å². The van der Waals surface area contributed by atoms with Crippen LogP contribution >= 0.6 is 23.2 Å². The first kappa shape index (κ1) is 12.9. The number of aliphatic carboxylic acids is 1. The molecule has 0 atom stereocenters. The third-order valence-corrected chi connectivity index (χ3v) is 2.70. The fourth-order valence-electron chi connectivity index (χ4n) is 1.14. The molecule has 0 radical (unpaired) electrons. The van der Waals surface area contributed by atoms with Crippen LogP contribution < -0.4 is 5.32 Å². The average Bonchev–Trinajstić information content (AvgIpc) is 2.19. The molecule has 0 aliphatic heterocycles. The Hall–Kier alpha value is -1.19. The summed E-state index contributed by atoms with van der Waals surface area (Å²) in [7, 11) is 0. The molecule has 1 aromatic rings. The Labute approximate surface area is 104 Å². The van der Waals surface area contributed by atoms with Gasteiger partial charge in [0.2, 0.25) is 0 Å². The van der Waals surface area contributed by atoms with Gasteiger partial charge in [0.25, 0.3) is 0 Å². The minimum Gasteiger partial charge on any atom is -0.478 e. The molecule has 0 heterocycles. The zero-order chi connectivity index (χ0) is 12.1. The quantitative estimate of drug-likeness (QED) is 0.815. The molecule has 0 saturated heterocycles. The molecule has 0 aromatic heterocycles. The Balaban J connectivity index is 2.68. The number of nitrogens with one attached hydrogen (secondary N) is 1. The Kier molecular flexibility index (Phi) is 4.65. The highest BCUT2D eigenvalue weighted by molar-refractivity contribution is 6.43. The van der Waals surface area contributed by atoms with E-state index < -0.39 is 5.97 Å². The standard InChI is InChI=1S/C11H11Cl2NO2/c1-7(5-10(15)16)6-14-9-4-2-3-8(12)11(9)13/h2-5,14H,6H2,1H3,(H,15,16)/b7-5-. The van der Waals surface area contributed by atoms with Gasteiger partial charge in [0.1, 0.15) is 0 Å². The first-order valence-electron chi connectivity index (χ1n) is 4.58. The molecular weight excluding hydrogens is 249 g/mol. The SMILES string of the molecule is C/C(=C/C(=O)O)CNc1cccc(Cl)c1Cl. The number of hydrogen-bond donors (Lipinski definition) is 2. The monoisotopic (exact) mass is 259 g/mol. The maximum atomic E-state index is 10.4. The predicted molar refractivity (Wildman–Crippen MR) is 66.3 cm³/mol. The van der Waals surface area contributed by atoms with E-state index in [4.69, 9.17) is 28.3 Å². The summed E-state index contributed by atoms with van der Waals surface area (Å²) in [6.07, 6.45) is 1.14. The van der Waals surface area contributed by atoms with Gasteiger partial charge in [0, 0.05) is 12.6 Å². The van der Waals surface area contributed by atoms with Crippen molar-refractivity contribution in [3.63, 3.8) is 0 Å². The van der Waals surface area contributed by atoms with Crippen molar-refractivity contribution in [3.8, 4) is 0 Å². The second-order valence-electron chi connectivity index (χ2n) is 3.28. The van der Waals surface area contributed by atoms with E-state index in [0.29, 0.717) is 27.9 Å². The Bertz CT molecular complexity index is 430. The zero-order valence-corrected chi connectivity index (χ0v) is 10.1. The lowest BCUT2D eigenvalue weighted by molar-refractivity contribution is -0.131. The van der Waals surface area contributed by atoms with Crippen molar-refractivity contribution in [2.24, 2.45) is 0 Å². The van der Waals surface area contributed by atoms with E-state index in [2.05, 4.69) is 5.32 Å². The van der Waals surface area contributed by atoms with Crippen LogP contribution in [-0.2, 0) is 4.79 Å². The topological polar surface area (TPSA) is 49.3 Å². The van der Waals surface area contributed by atoms with Crippen LogP contribution in [0.25, 0.3) is 0 Å². The number of halogens is 2. The van der Waals surface area contributed by atoms with Crippen molar-refractivity contribution in [2.75, 3.05) is 11.9 Å². The molecule has 1 aromatic carbocycles. The predicted octanol–water partition coefficient (Wildman–Crippen LogP) is 3.44. The van der Waals surface area contributed by atoms with Crippen molar-refractivity contribution in [1.82, 2.24) is 0 Å². The average molecular weight is 260 g/mol. The van der Waals surface area contributed by atoms with Crippen molar-refractivity contribution in [2.45, 2.75) is 6.92 Å². The molecule has 0 aliphatic rings. The van der Waals surface area contributed by atoms with Crippen LogP contribution in [0, 0.1) is 0 Å². The molecule has 0 aliphatic carbocycles. The van der Waals surface area contributed by atoms with Crippen LogP contribution in [0.1, 0.15) is 6.92 Å². The molecule has 0 unspecified atom stereocenters. The minimum absolute atomic E-state index is 0.409. The van der Waals surface area contributed by atoms with Gasteiger partial charge in [-0.05, 0) is 24.6 Å². The third-order valence-electron chi connectivity index (χ3n) is 1.88. The van der Waals surface area contributed by atoms with Crippen molar-refractivity contribution >= 4 is 34.9 Å². The summed E-state index contributed by atoms with van der Waals surface area (Å²) >= 11 is 11.8. The molecular formula is C11H11Cl2NO2. The summed E-state index contributed by atoms with van der Waals surface area (Å²) in [4.78, 5) is 10.4. The van der Waals surface area contributed by atoms with Crippen molar-refractivity contribution in [1.29, 1.82) is 0 Å². The number of anilines is 1. The summed E-state index contributed by atoms with van der Waals surface area (Å²) in [5, 5.41) is 12.4. The van der Waals surface area contributed by atoms with E-state index >= 15 is 0 Å². The van der Waals surface area contributed by atoms with Crippen LogP contribution in [0.3, 0.4) is 0 Å². The van der Waals surface area contributed by atoms with E-state index in [9.17, 15) is 4.79 Å². The molecule has 0 fully saturated rings. The summed E-state index contributed by atoms with van der Waals surface area (Å²) in [5.41, 5.74) is 1.39. The van der Waals surface area contributed by atoms with Gasteiger partial charge in [-0.3, -0.25) is 0 Å². The molecule has 2 N–H and O–H groups in total. The molecule has 5 heteroatoms. The Morgan fingerprint density at radius 2 is 2.19 bits per heavy atom. The minimum atomic E-state index is -0.962. The molecule has 0 amide bonds. The smallest absolute Gasteiger partial charge is 0.328 e. The normalized spacial score (nSPS) is 11.3. The molecule has 16 heavy (non-hydrogen) atoms. The second-order valence-corrected chi connectivity index (χ2v) is 4.07. The van der Waals surface area contributed by atoms with E-state index in [1.54, 1.807) is 25.1 Å². The zero-order valence-electron chi connectivity index (χ0n) is 8.63. The molecule has 0 saturated carbocycles. The maximum Gasteiger partial charge on any atom is 0.328 e. The molecule has 3 nitrogen and oxygen atoms in total. The van der Waals surface area contributed by atoms with Gasteiger partial charge in [0.15, 0.2) is 0 Å². The van der Waals surface area contributed by atoms with Crippen LogP contribution in [0.2, 0.25) is 10.0 Å². The summed E-state index contributed by atoms with van der Waals surface area (Å²) in [6.45, 7) is 2.13. The molecule has 86 valence electrons. The first-order valence-corrected chi connectivity index (χ1v) is 5.34. The van der Waals surface area contributed by atoms with Crippen LogP contribution in [-0.4, -0.2) is 17.6 Å². The molecule has 0 spiro atoms. The van der Waals surface area contributed by atoms with E-state index in [-0.39, 0.29) is 0 Å². The molecule has 0 bridgehead atoms. The lowest BCUT2D eigenvalue weighted by Gasteiger charge is -2.09. The van der Waals surface area contributed by atoms with Gasteiger partial charge in [0.05, 0.1) is 15.7 Å². The highest BCUT2D eigenvalue weighted by Crippen LogP contribution is 2.29. The Morgan fingerprint density at radius 3 is 2.81 bits per heavy atom. The fourth-order valence-corrected chi connectivity index (χ4v) is 1.50. The second kappa shape index (κ2) is 5.77. The lowest BCUT2D eigenvalue weighted by Crippen LogP contribution is -2.05. The molecule has 1 rings (SSSR count). The van der Waals surface area contributed by atoms with Crippen molar-refractivity contribution < 1.29 is 9.90 Å². The van der Waals surface area contributed by atoms with Gasteiger partial charge in [-0.15, -0.1) is 0 Å². The number of hydrogen-bond acceptors (Lipinski definition) is 2. The van der Waals surface area contributed by atoms with Gasteiger partial charge in [-0.25, -0.2) is 4.79 Å². The first-order chi connectivity index (χ1) is 7.50. The van der Waals surface area contributed by atoms with Gasteiger partial charge in [-0.1, -0.05) is 29.3 Å².